The van der Waals surface area contributed by atoms with Crippen LogP contribution in [0, 0.1) is 0 Å². The number of rotatable bonds is 8. The van der Waals surface area contributed by atoms with Crippen molar-refractivity contribution in [1.82, 2.24) is 15.0 Å². The second-order valence-electron chi connectivity index (χ2n) is 8.46. The quantitative estimate of drug-likeness (QED) is 0.205. The predicted molar refractivity (Wildman–Crippen MR) is 130 cm³/mol. The number of alkyl halides is 9. The lowest BCUT2D eigenvalue weighted by atomic mass is 9.98. The number of halogens is 9. The molecule has 0 aliphatic heterocycles. The summed E-state index contributed by atoms with van der Waals surface area (Å²) in [6.07, 6.45) is -14.2. The first-order valence-corrected chi connectivity index (χ1v) is 11.6. The van der Waals surface area contributed by atoms with Crippen LogP contribution in [-0.4, -0.2) is 27.7 Å². The maximum atomic E-state index is 13.9. The minimum Gasteiger partial charge on any atom is -0.454 e. The van der Waals surface area contributed by atoms with Crippen molar-refractivity contribution in [3.8, 4) is 17.1 Å². The molecule has 4 rings (SSSR count). The van der Waals surface area contributed by atoms with Crippen molar-refractivity contribution in [3.05, 3.63) is 89.5 Å². The third kappa shape index (κ3) is 8.22. The molecule has 0 radical (unpaired) electrons. The zero-order valence-corrected chi connectivity index (χ0v) is 20.5. The van der Waals surface area contributed by atoms with E-state index in [0.29, 0.717) is 17.2 Å². The van der Waals surface area contributed by atoms with E-state index in [9.17, 15) is 39.5 Å². The van der Waals surface area contributed by atoms with Crippen LogP contribution < -0.4 is 15.4 Å². The molecule has 0 saturated heterocycles. The zero-order valence-electron chi connectivity index (χ0n) is 20.5. The number of nitrogens with one attached hydrogen (secondary N) is 2. The first-order valence-electron chi connectivity index (χ1n) is 11.6. The molecule has 0 atom stereocenters. The Morgan fingerprint density at radius 3 is 2.02 bits per heavy atom. The molecule has 0 unspecified atom stereocenters. The molecule has 15 heteroatoms. The summed E-state index contributed by atoms with van der Waals surface area (Å²) in [6.45, 7) is -2.33. The first-order chi connectivity index (χ1) is 19.2. The summed E-state index contributed by atoms with van der Waals surface area (Å²) in [7, 11) is 0. The fourth-order valence-electron chi connectivity index (χ4n) is 3.58. The zero-order chi connectivity index (χ0) is 29.8. The monoisotopic (exact) mass is 587 g/mol. The van der Waals surface area contributed by atoms with Gasteiger partial charge in [0.25, 0.3) is 0 Å². The van der Waals surface area contributed by atoms with Crippen LogP contribution in [0.5, 0.6) is 6.01 Å². The molecule has 1 aromatic heterocycles. The molecule has 216 valence electrons. The van der Waals surface area contributed by atoms with Crippen LogP contribution in [0.4, 0.5) is 57.1 Å². The summed E-state index contributed by atoms with van der Waals surface area (Å²) >= 11 is 0. The van der Waals surface area contributed by atoms with Crippen molar-refractivity contribution in [1.29, 1.82) is 0 Å². The average Bonchev–Trinajstić information content (AvgIpc) is 2.90. The van der Waals surface area contributed by atoms with Gasteiger partial charge in [-0.05, 0) is 41.0 Å². The van der Waals surface area contributed by atoms with Gasteiger partial charge >= 0.3 is 24.5 Å². The average molecular weight is 587 g/mol. The van der Waals surface area contributed by atoms with Gasteiger partial charge in [-0.2, -0.15) is 54.5 Å². The van der Waals surface area contributed by atoms with Gasteiger partial charge in [-0.25, -0.2) is 0 Å². The minimum atomic E-state index is -4.78. The third-order valence-corrected chi connectivity index (χ3v) is 5.39. The summed E-state index contributed by atoms with van der Waals surface area (Å²) in [6, 6.07) is 14.9. The van der Waals surface area contributed by atoms with Crippen LogP contribution in [0.1, 0.15) is 16.7 Å². The number of aromatic nitrogens is 3. The fraction of sp³-hybridized carbons (Fsp3) is 0.192. The van der Waals surface area contributed by atoms with Crippen LogP contribution in [0.3, 0.4) is 0 Å². The highest BCUT2D eigenvalue weighted by Gasteiger charge is 2.34. The molecule has 0 bridgehead atoms. The van der Waals surface area contributed by atoms with E-state index in [1.54, 1.807) is 30.3 Å². The molecule has 41 heavy (non-hydrogen) atoms. The van der Waals surface area contributed by atoms with E-state index in [-0.39, 0.29) is 11.3 Å². The van der Waals surface area contributed by atoms with Gasteiger partial charge in [0.1, 0.15) is 0 Å². The molecule has 0 aliphatic carbocycles. The number of hydrogen-bond donors (Lipinski definition) is 2. The number of ether oxygens (including phenoxy) is 1. The Morgan fingerprint density at radius 2 is 1.37 bits per heavy atom. The molecule has 0 spiro atoms. The number of anilines is 3. The Labute approximate surface area is 226 Å². The topological polar surface area (TPSA) is 72.0 Å². The van der Waals surface area contributed by atoms with Crippen LogP contribution >= 0.6 is 0 Å². The van der Waals surface area contributed by atoms with Gasteiger partial charge in [0.05, 0.1) is 11.1 Å². The van der Waals surface area contributed by atoms with Gasteiger partial charge in [0.15, 0.2) is 6.61 Å². The highest BCUT2D eigenvalue weighted by Crippen LogP contribution is 2.36. The molecule has 0 aliphatic rings. The third-order valence-electron chi connectivity index (χ3n) is 5.39. The van der Waals surface area contributed by atoms with Gasteiger partial charge in [0.2, 0.25) is 11.9 Å². The van der Waals surface area contributed by atoms with E-state index in [1.165, 1.54) is 18.2 Å². The SMILES string of the molecule is FC(F)(F)COc1nc(NCc2ccc(-c3ccccc3)cc2C(F)(F)F)nc(Nc2cccc(C(F)(F)F)c2)n1. The Balaban J connectivity index is 1.62. The van der Waals surface area contributed by atoms with Crippen molar-refractivity contribution in [2.24, 2.45) is 0 Å². The Bertz CT molecular complexity index is 1490. The minimum absolute atomic E-state index is 0.172. The normalized spacial score (nSPS) is 12.2. The summed E-state index contributed by atoms with van der Waals surface area (Å²) in [4.78, 5) is 11.1. The molecule has 6 nitrogen and oxygen atoms in total. The van der Waals surface area contributed by atoms with E-state index in [1.807, 2.05) is 0 Å². The molecule has 0 saturated carbocycles. The lowest BCUT2D eigenvalue weighted by molar-refractivity contribution is -0.154. The standard InChI is InChI=1S/C26H18F9N5O/c27-24(28,29)14-41-23-39-21(38-22(40-23)37-19-8-4-7-18(12-19)25(30,31)32)36-13-17-10-9-16(11-20(17)26(33,34)35)15-5-2-1-3-6-15/h1-12H,13-14H2,(H2,36,37,38,39,40). The fourth-order valence-corrected chi connectivity index (χ4v) is 3.58. The van der Waals surface area contributed by atoms with E-state index in [2.05, 4.69) is 30.3 Å². The second-order valence-corrected chi connectivity index (χ2v) is 8.46. The Hall–Kier alpha value is -4.56. The molecule has 4 aromatic rings. The lowest BCUT2D eigenvalue weighted by Gasteiger charge is -2.16. The maximum Gasteiger partial charge on any atom is 0.422 e. The molecule has 1 heterocycles. The lowest BCUT2D eigenvalue weighted by Crippen LogP contribution is -2.21. The number of nitrogens with zero attached hydrogens (tertiary/aromatic N) is 3. The van der Waals surface area contributed by atoms with Crippen molar-refractivity contribution in [2.45, 2.75) is 25.1 Å². The maximum absolute atomic E-state index is 13.9. The van der Waals surface area contributed by atoms with Crippen LogP contribution in [0.15, 0.2) is 72.8 Å². The van der Waals surface area contributed by atoms with Crippen molar-refractivity contribution < 1.29 is 44.3 Å². The van der Waals surface area contributed by atoms with Crippen molar-refractivity contribution in [2.75, 3.05) is 17.2 Å². The molecule has 2 N–H and O–H groups in total. The van der Waals surface area contributed by atoms with E-state index < -0.39 is 60.7 Å². The molecule has 0 amide bonds. The highest BCUT2D eigenvalue weighted by atomic mass is 19.4. The van der Waals surface area contributed by atoms with Gasteiger partial charge in [-0.15, -0.1) is 0 Å². The molecular formula is C26H18F9N5O. The highest BCUT2D eigenvalue weighted by molar-refractivity contribution is 5.65. The van der Waals surface area contributed by atoms with E-state index >= 15 is 0 Å². The molecule has 3 aromatic carbocycles. The summed E-state index contributed by atoms with van der Waals surface area (Å²) in [5.41, 5.74) is -1.56. The van der Waals surface area contributed by atoms with Gasteiger partial charge in [-0.1, -0.05) is 48.5 Å². The Kier molecular flexibility index (Phi) is 8.26. The largest absolute Gasteiger partial charge is 0.454 e. The van der Waals surface area contributed by atoms with E-state index in [4.69, 9.17) is 0 Å². The van der Waals surface area contributed by atoms with Crippen LogP contribution in [0.2, 0.25) is 0 Å². The molecule has 0 fully saturated rings. The van der Waals surface area contributed by atoms with E-state index in [0.717, 1.165) is 18.2 Å². The second kappa shape index (κ2) is 11.5. The molecular weight excluding hydrogens is 569 g/mol. The first kappa shape index (κ1) is 29.4. The summed E-state index contributed by atoms with van der Waals surface area (Å²) in [5.74, 6) is -1.01. The number of benzene rings is 3. The van der Waals surface area contributed by atoms with Crippen molar-refractivity contribution in [3.63, 3.8) is 0 Å². The Morgan fingerprint density at radius 1 is 0.659 bits per heavy atom. The predicted octanol–water partition coefficient (Wildman–Crippen LogP) is 7.87. The summed E-state index contributed by atoms with van der Waals surface area (Å²) in [5, 5.41) is 4.90. The van der Waals surface area contributed by atoms with Crippen LogP contribution in [0.25, 0.3) is 11.1 Å². The van der Waals surface area contributed by atoms with Gasteiger partial charge in [-0.3, -0.25) is 0 Å². The van der Waals surface area contributed by atoms with Crippen LogP contribution in [-0.2, 0) is 18.9 Å². The number of hydrogen-bond acceptors (Lipinski definition) is 6. The van der Waals surface area contributed by atoms with Gasteiger partial charge < -0.3 is 15.4 Å². The summed E-state index contributed by atoms with van der Waals surface area (Å²) < 4.78 is 123. The van der Waals surface area contributed by atoms with Crippen molar-refractivity contribution >= 4 is 17.6 Å². The smallest absolute Gasteiger partial charge is 0.422 e. The van der Waals surface area contributed by atoms with Gasteiger partial charge in [0, 0.05) is 12.2 Å².